The van der Waals surface area contributed by atoms with Gasteiger partial charge < -0.3 is 20.9 Å². The van der Waals surface area contributed by atoms with Crippen molar-refractivity contribution in [2.24, 2.45) is 11.7 Å². The number of benzene rings is 1. The maximum absolute atomic E-state index is 12.3. The zero-order chi connectivity index (χ0) is 24.2. The van der Waals surface area contributed by atoms with E-state index in [9.17, 15) is 22.8 Å². The van der Waals surface area contributed by atoms with E-state index in [0.717, 1.165) is 16.7 Å². The predicted molar refractivity (Wildman–Crippen MR) is 112 cm³/mol. The number of halogens is 3. The van der Waals surface area contributed by atoms with Crippen molar-refractivity contribution in [3.05, 3.63) is 47.6 Å². The number of ether oxygens (including phenoxy) is 1. The van der Waals surface area contributed by atoms with Crippen LogP contribution in [0.25, 0.3) is 10.9 Å². The van der Waals surface area contributed by atoms with Crippen molar-refractivity contribution < 1.29 is 37.4 Å². The Morgan fingerprint density at radius 2 is 1.85 bits per heavy atom. The van der Waals surface area contributed by atoms with E-state index < -0.39 is 18.1 Å². The van der Waals surface area contributed by atoms with E-state index in [1.807, 2.05) is 30.3 Å². The number of fused-ring (bicyclic) bond motifs is 1. The molecule has 1 aliphatic rings. The number of thiazole rings is 1. The Bertz CT molecular complexity index is 1170. The number of aliphatic carboxylic acids is 1. The lowest BCUT2D eigenvalue weighted by atomic mass is 9.81. The molecule has 1 aromatic carbocycles. The summed E-state index contributed by atoms with van der Waals surface area (Å²) in [5.41, 5.74) is 6.14. The number of carbonyl (C=O) groups is 3. The van der Waals surface area contributed by atoms with Gasteiger partial charge in [0.05, 0.1) is 0 Å². The molecule has 0 bridgehead atoms. The second kappa shape index (κ2) is 9.81. The van der Waals surface area contributed by atoms with Gasteiger partial charge in [-0.3, -0.25) is 14.6 Å². The number of carboxylic acids is 1. The van der Waals surface area contributed by atoms with Gasteiger partial charge in [0.2, 0.25) is 5.91 Å². The highest BCUT2D eigenvalue weighted by Gasteiger charge is 2.38. The summed E-state index contributed by atoms with van der Waals surface area (Å²) in [4.78, 5) is 40.5. The second-order valence-corrected chi connectivity index (χ2v) is 7.79. The second-order valence-electron chi connectivity index (χ2n) is 6.93. The highest BCUT2D eigenvalue weighted by atomic mass is 32.1. The smallest absolute Gasteiger partial charge is 0.488 e. The summed E-state index contributed by atoms with van der Waals surface area (Å²) in [7, 11) is 0. The summed E-state index contributed by atoms with van der Waals surface area (Å²) in [5, 5.41) is 12.8. The SMILES string of the molecule is NC(=O)c1csc(NC(=O)C2CC(Oc3cccc4cccnc34)C2)n1.O=C(O)C(F)(F)F. The number of primary amides is 1. The fourth-order valence-corrected chi connectivity index (χ4v) is 3.58. The third-order valence-corrected chi connectivity index (χ3v) is 5.34. The van der Waals surface area contributed by atoms with E-state index in [2.05, 4.69) is 15.3 Å². The third kappa shape index (κ3) is 6.16. The molecule has 4 rings (SSSR count). The molecule has 2 heterocycles. The Morgan fingerprint density at radius 1 is 1.18 bits per heavy atom. The van der Waals surface area contributed by atoms with E-state index in [1.165, 1.54) is 16.7 Å². The number of hydrogen-bond acceptors (Lipinski definition) is 7. The number of amides is 2. The first-order valence-corrected chi connectivity index (χ1v) is 10.3. The molecule has 4 N–H and O–H groups in total. The van der Waals surface area contributed by atoms with Gasteiger partial charge in [-0.1, -0.05) is 18.2 Å². The normalized spacial score (nSPS) is 17.3. The van der Waals surface area contributed by atoms with Crippen molar-refractivity contribution in [3.8, 4) is 5.75 Å². The van der Waals surface area contributed by atoms with Gasteiger partial charge in [-0.25, -0.2) is 9.78 Å². The predicted octanol–water partition coefficient (Wildman–Crippen LogP) is 3.22. The van der Waals surface area contributed by atoms with Crippen LogP contribution in [-0.4, -0.2) is 45.1 Å². The van der Waals surface area contributed by atoms with Gasteiger partial charge in [0, 0.05) is 22.9 Å². The summed E-state index contributed by atoms with van der Waals surface area (Å²) >= 11 is 1.18. The molecule has 1 fully saturated rings. The molecule has 2 amide bonds. The van der Waals surface area contributed by atoms with Crippen molar-refractivity contribution in [3.63, 3.8) is 0 Å². The van der Waals surface area contributed by atoms with E-state index in [4.69, 9.17) is 20.4 Å². The first-order valence-electron chi connectivity index (χ1n) is 9.41. The molecular weight excluding hydrogens is 465 g/mol. The van der Waals surface area contributed by atoms with Crippen LogP contribution in [-0.2, 0) is 9.59 Å². The summed E-state index contributed by atoms with van der Waals surface area (Å²) in [5.74, 6) is -2.89. The van der Waals surface area contributed by atoms with Crippen molar-refractivity contribution >= 4 is 45.2 Å². The summed E-state index contributed by atoms with van der Waals surface area (Å²) < 4.78 is 37.7. The zero-order valence-electron chi connectivity index (χ0n) is 16.7. The molecular formula is C20H17F3N4O5S. The standard InChI is InChI=1S/C18H16N4O3S.C2HF3O2/c19-16(23)13-9-26-18(21-13)22-17(24)11-7-12(8-11)25-14-5-1-3-10-4-2-6-20-15(10)14;3-2(4,5)1(6)7/h1-6,9,11-12H,7-8H2,(H2,19,23)(H,21,22,24);(H,6,7). The molecule has 0 spiro atoms. The number of anilines is 1. The molecule has 9 nitrogen and oxygen atoms in total. The number of carbonyl (C=O) groups excluding carboxylic acids is 2. The van der Waals surface area contributed by atoms with Gasteiger partial charge in [0.25, 0.3) is 5.91 Å². The number of rotatable bonds is 5. The Balaban J connectivity index is 0.000000383. The van der Waals surface area contributed by atoms with Gasteiger partial charge >= 0.3 is 12.1 Å². The third-order valence-electron chi connectivity index (χ3n) is 4.58. The van der Waals surface area contributed by atoms with Crippen LogP contribution in [0.2, 0.25) is 0 Å². The number of alkyl halides is 3. The molecule has 33 heavy (non-hydrogen) atoms. The molecule has 1 saturated carbocycles. The number of nitrogens with zero attached hydrogens (tertiary/aromatic N) is 2. The van der Waals surface area contributed by atoms with Crippen molar-refractivity contribution in [1.29, 1.82) is 0 Å². The first-order chi connectivity index (χ1) is 15.5. The van der Waals surface area contributed by atoms with Gasteiger partial charge in [0.15, 0.2) is 5.13 Å². The Labute approximate surface area is 188 Å². The van der Waals surface area contributed by atoms with Crippen molar-refractivity contribution in [2.45, 2.75) is 25.1 Å². The van der Waals surface area contributed by atoms with Crippen molar-refractivity contribution in [1.82, 2.24) is 9.97 Å². The summed E-state index contributed by atoms with van der Waals surface area (Å²) in [6.07, 6.45) is -2.11. The maximum atomic E-state index is 12.3. The quantitative estimate of drug-likeness (QED) is 0.506. The molecule has 174 valence electrons. The lowest BCUT2D eigenvalue weighted by Crippen LogP contribution is -2.40. The molecule has 0 saturated heterocycles. The first kappa shape index (κ1) is 23.9. The van der Waals surface area contributed by atoms with Crippen LogP contribution in [0.3, 0.4) is 0 Å². The van der Waals surface area contributed by atoms with E-state index in [1.54, 1.807) is 6.20 Å². The number of carboxylic acid groups (broad SMARTS) is 1. The van der Waals surface area contributed by atoms with Gasteiger partial charge in [-0.05, 0) is 25.0 Å². The molecule has 0 aliphatic heterocycles. The number of hydrogen-bond donors (Lipinski definition) is 3. The minimum atomic E-state index is -5.08. The Kier molecular flexibility index (Phi) is 7.11. The minimum absolute atomic E-state index is 0.0177. The van der Waals surface area contributed by atoms with E-state index >= 15 is 0 Å². The molecule has 13 heteroatoms. The molecule has 0 unspecified atom stereocenters. The summed E-state index contributed by atoms with van der Waals surface area (Å²) in [6, 6.07) is 9.68. The maximum Gasteiger partial charge on any atom is 0.490 e. The van der Waals surface area contributed by atoms with Gasteiger partial charge in [-0.15, -0.1) is 11.3 Å². The monoisotopic (exact) mass is 482 g/mol. The average Bonchev–Trinajstić information content (AvgIpc) is 3.19. The zero-order valence-corrected chi connectivity index (χ0v) is 17.5. The fourth-order valence-electron chi connectivity index (χ4n) is 2.88. The highest BCUT2D eigenvalue weighted by molar-refractivity contribution is 7.14. The highest BCUT2D eigenvalue weighted by Crippen LogP contribution is 2.34. The topological polar surface area (TPSA) is 144 Å². The molecule has 1 aliphatic carbocycles. The van der Waals surface area contributed by atoms with Crippen LogP contribution in [0.4, 0.5) is 18.3 Å². The van der Waals surface area contributed by atoms with Crippen LogP contribution in [0.1, 0.15) is 23.3 Å². The fraction of sp³-hybridized carbons (Fsp3) is 0.250. The lowest BCUT2D eigenvalue weighted by molar-refractivity contribution is -0.192. The number of aromatic nitrogens is 2. The average molecular weight is 482 g/mol. The van der Waals surface area contributed by atoms with Crippen LogP contribution >= 0.6 is 11.3 Å². The summed E-state index contributed by atoms with van der Waals surface area (Å²) in [6.45, 7) is 0. The molecule has 0 atom stereocenters. The van der Waals surface area contributed by atoms with Crippen molar-refractivity contribution in [2.75, 3.05) is 5.32 Å². The van der Waals surface area contributed by atoms with Gasteiger partial charge in [-0.2, -0.15) is 13.2 Å². The van der Waals surface area contributed by atoms with Crippen LogP contribution in [0.5, 0.6) is 5.75 Å². The lowest BCUT2D eigenvalue weighted by Gasteiger charge is -2.34. The number of nitrogens with one attached hydrogen (secondary N) is 1. The Morgan fingerprint density at radius 3 is 2.45 bits per heavy atom. The Hall–Kier alpha value is -3.74. The van der Waals surface area contributed by atoms with E-state index in [0.29, 0.717) is 18.0 Å². The van der Waals surface area contributed by atoms with E-state index in [-0.39, 0.29) is 23.6 Å². The van der Waals surface area contributed by atoms with Crippen LogP contribution < -0.4 is 15.8 Å². The molecule has 2 aromatic heterocycles. The largest absolute Gasteiger partial charge is 0.490 e. The minimum Gasteiger partial charge on any atom is -0.488 e. The van der Waals surface area contributed by atoms with Gasteiger partial charge in [0.1, 0.15) is 23.1 Å². The molecule has 3 aromatic rings. The van der Waals surface area contributed by atoms with Crippen LogP contribution in [0, 0.1) is 5.92 Å². The number of para-hydroxylation sites is 1. The number of nitrogens with two attached hydrogens (primary N) is 1. The van der Waals surface area contributed by atoms with Crippen LogP contribution in [0.15, 0.2) is 41.9 Å². The number of pyridine rings is 1. The molecule has 0 radical (unpaired) electrons.